The lowest BCUT2D eigenvalue weighted by molar-refractivity contribution is -0.858. The Labute approximate surface area is 148 Å². The average molecular weight is 334 g/mol. The Hall–Kier alpha value is -2.58. The SMILES string of the molecule is Cc1c2c(n3c(nc4ccccc43)c1C#N)N(CCC[NH+](C)C)CC2. The molecule has 0 unspecified atom stereocenters. The molecule has 0 amide bonds. The molecule has 5 nitrogen and oxygen atoms in total. The van der Waals surface area contributed by atoms with Crippen molar-refractivity contribution in [2.24, 2.45) is 0 Å². The van der Waals surface area contributed by atoms with Crippen molar-refractivity contribution in [2.75, 3.05) is 38.6 Å². The molecule has 1 N–H and O–H groups in total. The van der Waals surface area contributed by atoms with E-state index in [1.54, 1.807) is 0 Å². The summed E-state index contributed by atoms with van der Waals surface area (Å²) in [4.78, 5) is 8.74. The minimum Gasteiger partial charge on any atom is -0.357 e. The molecular formula is C20H24N5+. The molecule has 1 aromatic carbocycles. The fourth-order valence-corrected chi connectivity index (χ4v) is 3.99. The number of para-hydroxylation sites is 2. The van der Waals surface area contributed by atoms with Crippen LogP contribution in [-0.4, -0.2) is 43.1 Å². The highest BCUT2D eigenvalue weighted by molar-refractivity contribution is 5.86. The van der Waals surface area contributed by atoms with Crippen LogP contribution >= 0.6 is 0 Å². The Bertz CT molecular complexity index is 993. The van der Waals surface area contributed by atoms with Gasteiger partial charge in [0.2, 0.25) is 0 Å². The molecule has 0 radical (unpaired) electrons. The van der Waals surface area contributed by atoms with E-state index < -0.39 is 0 Å². The lowest BCUT2D eigenvalue weighted by Gasteiger charge is -2.22. The smallest absolute Gasteiger partial charge is 0.157 e. The van der Waals surface area contributed by atoms with Gasteiger partial charge in [-0.3, -0.25) is 4.40 Å². The van der Waals surface area contributed by atoms with Crippen LogP contribution in [0.2, 0.25) is 0 Å². The van der Waals surface area contributed by atoms with E-state index in [0.29, 0.717) is 0 Å². The highest BCUT2D eigenvalue weighted by Crippen LogP contribution is 2.36. The summed E-state index contributed by atoms with van der Waals surface area (Å²) in [7, 11) is 4.39. The number of nitrogens with zero attached hydrogens (tertiary/aromatic N) is 4. The molecule has 0 saturated carbocycles. The van der Waals surface area contributed by atoms with Crippen LogP contribution in [0, 0.1) is 18.3 Å². The van der Waals surface area contributed by atoms with Gasteiger partial charge in [-0.2, -0.15) is 5.26 Å². The molecule has 0 saturated heterocycles. The first-order chi connectivity index (χ1) is 12.1. The molecule has 0 aliphatic carbocycles. The molecular weight excluding hydrogens is 310 g/mol. The van der Waals surface area contributed by atoms with Crippen LogP contribution in [0.1, 0.15) is 23.1 Å². The number of benzene rings is 1. The molecule has 0 bridgehead atoms. The first-order valence-electron chi connectivity index (χ1n) is 8.98. The zero-order valence-corrected chi connectivity index (χ0v) is 15.1. The number of anilines is 1. The van der Waals surface area contributed by atoms with Crippen LogP contribution in [0.15, 0.2) is 24.3 Å². The second-order valence-electron chi connectivity index (χ2n) is 7.22. The molecule has 0 spiro atoms. The number of nitriles is 1. The summed E-state index contributed by atoms with van der Waals surface area (Å²) in [6.07, 6.45) is 2.17. The van der Waals surface area contributed by atoms with Crippen molar-refractivity contribution in [3.8, 4) is 6.07 Å². The van der Waals surface area contributed by atoms with Crippen LogP contribution in [0.4, 0.5) is 5.82 Å². The zero-order valence-electron chi connectivity index (χ0n) is 15.1. The van der Waals surface area contributed by atoms with Gasteiger partial charge in [-0.1, -0.05) is 12.1 Å². The van der Waals surface area contributed by atoms with Gasteiger partial charge in [-0.15, -0.1) is 0 Å². The Morgan fingerprint density at radius 1 is 1.28 bits per heavy atom. The van der Waals surface area contributed by atoms with Gasteiger partial charge in [0.25, 0.3) is 0 Å². The van der Waals surface area contributed by atoms with Gasteiger partial charge in [-0.25, -0.2) is 4.98 Å². The van der Waals surface area contributed by atoms with Crippen molar-refractivity contribution in [3.63, 3.8) is 0 Å². The summed E-state index contributed by atoms with van der Waals surface area (Å²) < 4.78 is 2.21. The van der Waals surface area contributed by atoms with E-state index >= 15 is 0 Å². The Morgan fingerprint density at radius 2 is 2.08 bits per heavy atom. The lowest BCUT2D eigenvalue weighted by Crippen LogP contribution is -3.05. The molecule has 0 atom stereocenters. The molecule has 3 heterocycles. The van der Waals surface area contributed by atoms with Gasteiger partial charge >= 0.3 is 0 Å². The topological polar surface area (TPSA) is 48.8 Å². The monoisotopic (exact) mass is 334 g/mol. The maximum absolute atomic E-state index is 9.72. The van der Waals surface area contributed by atoms with Gasteiger partial charge in [-0.05, 0) is 36.6 Å². The summed E-state index contributed by atoms with van der Waals surface area (Å²) in [5.41, 5.74) is 5.97. The van der Waals surface area contributed by atoms with Crippen molar-refractivity contribution < 1.29 is 4.90 Å². The standard InChI is InChI=1S/C20H23N5/c1-14-15-9-12-24(11-6-10-23(2)3)20(15)25-18-8-5-4-7-17(18)22-19(25)16(14)13-21/h4-5,7-8H,6,9-12H2,1-3H3/p+1. The summed E-state index contributed by atoms with van der Waals surface area (Å²) >= 11 is 0. The number of imidazole rings is 1. The molecule has 25 heavy (non-hydrogen) atoms. The predicted molar refractivity (Wildman–Crippen MR) is 100 cm³/mol. The average Bonchev–Trinajstić information content (AvgIpc) is 3.16. The van der Waals surface area contributed by atoms with Crippen LogP contribution in [0.5, 0.6) is 0 Å². The number of hydrogen-bond donors (Lipinski definition) is 1. The number of rotatable bonds is 4. The normalized spacial score (nSPS) is 13.8. The molecule has 1 aliphatic heterocycles. The van der Waals surface area contributed by atoms with Gasteiger partial charge < -0.3 is 9.80 Å². The third-order valence-electron chi connectivity index (χ3n) is 5.24. The van der Waals surface area contributed by atoms with Crippen molar-refractivity contribution in [1.82, 2.24) is 9.38 Å². The Kier molecular flexibility index (Phi) is 3.85. The quantitative estimate of drug-likeness (QED) is 0.788. The maximum Gasteiger partial charge on any atom is 0.157 e. The fourth-order valence-electron chi connectivity index (χ4n) is 3.99. The van der Waals surface area contributed by atoms with E-state index in [1.165, 1.54) is 16.3 Å². The predicted octanol–water partition coefficient (Wildman–Crippen LogP) is 1.56. The van der Waals surface area contributed by atoms with E-state index in [0.717, 1.165) is 60.3 Å². The van der Waals surface area contributed by atoms with Gasteiger partial charge in [0.1, 0.15) is 11.9 Å². The number of hydrogen-bond acceptors (Lipinski definition) is 3. The molecule has 5 heteroatoms. The lowest BCUT2D eigenvalue weighted by atomic mass is 10.0. The van der Waals surface area contributed by atoms with E-state index in [1.807, 2.05) is 18.2 Å². The van der Waals surface area contributed by atoms with E-state index in [-0.39, 0.29) is 0 Å². The maximum atomic E-state index is 9.72. The number of nitrogens with one attached hydrogen (secondary N) is 1. The van der Waals surface area contributed by atoms with Crippen LogP contribution < -0.4 is 9.80 Å². The third kappa shape index (κ3) is 2.45. The number of quaternary nitrogens is 1. The van der Waals surface area contributed by atoms with Crippen LogP contribution in [0.25, 0.3) is 16.7 Å². The minimum atomic E-state index is 0.717. The Morgan fingerprint density at radius 3 is 2.84 bits per heavy atom. The molecule has 2 aromatic heterocycles. The van der Waals surface area contributed by atoms with Crippen molar-refractivity contribution in [1.29, 1.82) is 5.26 Å². The van der Waals surface area contributed by atoms with Crippen molar-refractivity contribution >= 4 is 22.5 Å². The molecule has 1 aliphatic rings. The summed E-state index contributed by atoms with van der Waals surface area (Å²) in [6, 6.07) is 10.6. The van der Waals surface area contributed by atoms with Gasteiger partial charge in [0.05, 0.1) is 37.2 Å². The van der Waals surface area contributed by atoms with Crippen molar-refractivity contribution in [2.45, 2.75) is 19.8 Å². The highest BCUT2D eigenvalue weighted by Gasteiger charge is 2.28. The summed E-state index contributed by atoms with van der Waals surface area (Å²) in [5.74, 6) is 1.24. The first-order valence-corrected chi connectivity index (χ1v) is 8.98. The first kappa shape index (κ1) is 15.9. The summed E-state index contributed by atoms with van der Waals surface area (Å²) in [5, 5.41) is 9.72. The Balaban J connectivity index is 1.93. The van der Waals surface area contributed by atoms with Gasteiger partial charge in [0.15, 0.2) is 5.65 Å². The third-order valence-corrected chi connectivity index (χ3v) is 5.24. The van der Waals surface area contributed by atoms with Gasteiger partial charge in [0, 0.05) is 19.5 Å². The molecule has 128 valence electrons. The number of pyridine rings is 1. The van der Waals surface area contributed by atoms with E-state index in [4.69, 9.17) is 4.98 Å². The highest BCUT2D eigenvalue weighted by atomic mass is 15.3. The van der Waals surface area contributed by atoms with E-state index in [9.17, 15) is 5.26 Å². The van der Waals surface area contributed by atoms with Crippen LogP contribution in [-0.2, 0) is 6.42 Å². The zero-order chi connectivity index (χ0) is 17.6. The largest absolute Gasteiger partial charge is 0.357 e. The fraction of sp³-hybridized carbons (Fsp3) is 0.400. The molecule has 0 fully saturated rings. The summed E-state index contributed by atoms with van der Waals surface area (Å²) in [6.45, 7) is 5.31. The van der Waals surface area contributed by atoms with E-state index in [2.05, 4.69) is 42.5 Å². The second kappa shape index (κ2) is 6.05. The van der Waals surface area contributed by atoms with Crippen molar-refractivity contribution in [3.05, 3.63) is 41.0 Å². The second-order valence-corrected chi connectivity index (χ2v) is 7.22. The van der Waals surface area contributed by atoms with Crippen LogP contribution in [0.3, 0.4) is 0 Å². The molecule has 4 rings (SSSR count). The minimum absolute atomic E-state index is 0.717. The number of fused-ring (bicyclic) bond motifs is 5. The molecule has 3 aromatic rings. The number of aromatic nitrogens is 2.